The van der Waals surface area contributed by atoms with Crippen LogP contribution in [0.5, 0.6) is 11.5 Å². The van der Waals surface area contributed by atoms with Gasteiger partial charge in [0.15, 0.2) is 5.82 Å². The summed E-state index contributed by atoms with van der Waals surface area (Å²) < 4.78 is 38.5. The Hall–Kier alpha value is -3.12. The molecule has 0 aliphatic carbocycles. The standard InChI is InChI=1S/C24H31ClN6O4S/c1-5-31(6-2)13-14-35-17-11-12-21(34-4)20(15-17)29-24-27-16-18(25)23(30-24)28-19-9-7-8-10-22(19)36(32,33)26-3/h7-12,15-16,26H,5-6,13-14H2,1-4H3,(H2,27,28,29,30). The maximum Gasteiger partial charge on any atom is 0.242 e. The molecule has 3 aromatic rings. The molecule has 1 heterocycles. The second-order valence-corrected chi connectivity index (χ2v) is 9.84. The number of hydrogen-bond acceptors (Lipinski definition) is 9. The molecule has 1 aromatic heterocycles. The quantitative estimate of drug-likeness (QED) is 0.295. The van der Waals surface area contributed by atoms with Crippen LogP contribution >= 0.6 is 11.6 Å². The fourth-order valence-corrected chi connectivity index (χ4v) is 4.41. The summed E-state index contributed by atoms with van der Waals surface area (Å²) >= 11 is 6.31. The topological polar surface area (TPSA) is 118 Å². The van der Waals surface area contributed by atoms with Crippen molar-refractivity contribution in [3.8, 4) is 11.5 Å². The van der Waals surface area contributed by atoms with Crippen LogP contribution in [-0.2, 0) is 10.0 Å². The highest BCUT2D eigenvalue weighted by atomic mass is 35.5. The van der Waals surface area contributed by atoms with Gasteiger partial charge in [0.25, 0.3) is 0 Å². The second-order valence-electron chi connectivity index (χ2n) is 7.58. The fourth-order valence-electron chi connectivity index (χ4n) is 3.38. The van der Waals surface area contributed by atoms with Crippen molar-refractivity contribution >= 4 is 44.8 Å². The molecule has 0 bridgehead atoms. The zero-order chi connectivity index (χ0) is 26.1. The minimum absolute atomic E-state index is 0.0629. The lowest BCUT2D eigenvalue weighted by molar-refractivity contribution is 0.223. The molecule has 3 rings (SSSR count). The first-order chi connectivity index (χ1) is 17.3. The Bertz CT molecular complexity index is 1270. The first-order valence-electron chi connectivity index (χ1n) is 11.4. The van der Waals surface area contributed by atoms with E-state index in [1.165, 1.54) is 19.3 Å². The lowest BCUT2D eigenvalue weighted by atomic mass is 10.2. The summed E-state index contributed by atoms with van der Waals surface area (Å²) in [6.07, 6.45) is 1.42. The summed E-state index contributed by atoms with van der Waals surface area (Å²) in [5.41, 5.74) is 0.920. The van der Waals surface area contributed by atoms with Gasteiger partial charge in [-0.05, 0) is 44.4 Å². The summed E-state index contributed by atoms with van der Waals surface area (Å²) in [5, 5.41) is 6.34. The van der Waals surface area contributed by atoms with Crippen LogP contribution in [0.4, 0.5) is 23.1 Å². The van der Waals surface area contributed by atoms with Gasteiger partial charge in [-0.3, -0.25) is 0 Å². The summed E-state index contributed by atoms with van der Waals surface area (Å²) in [4.78, 5) is 11.0. The lowest BCUT2D eigenvalue weighted by Crippen LogP contribution is -2.27. The highest BCUT2D eigenvalue weighted by molar-refractivity contribution is 7.89. The Morgan fingerprint density at radius 1 is 1.06 bits per heavy atom. The molecule has 0 saturated heterocycles. The van der Waals surface area contributed by atoms with Crippen LogP contribution in [0.15, 0.2) is 53.6 Å². The third-order valence-electron chi connectivity index (χ3n) is 5.43. The smallest absolute Gasteiger partial charge is 0.242 e. The average Bonchev–Trinajstić information content (AvgIpc) is 2.89. The average molecular weight is 535 g/mol. The van der Waals surface area contributed by atoms with Crippen molar-refractivity contribution in [3.05, 3.63) is 53.7 Å². The number of benzene rings is 2. The number of ether oxygens (including phenoxy) is 2. The minimum Gasteiger partial charge on any atom is -0.495 e. The zero-order valence-corrected chi connectivity index (χ0v) is 22.3. The lowest BCUT2D eigenvalue weighted by Gasteiger charge is -2.18. The van der Waals surface area contributed by atoms with Gasteiger partial charge in [0.1, 0.15) is 28.0 Å². The molecule has 36 heavy (non-hydrogen) atoms. The van der Waals surface area contributed by atoms with Crippen LogP contribution in [0.25, 0.3) is 0 Å². The van der Waals surface area contributed by atoms with Crippen LogP contribution in [-0.4, -0.2) is 63.7 Å². The number of nitrogens with zero attached hydrogens (tertiary/aromatic N) is 3. The van der Waals surface area contributed by atoms with Gasteiger partial charge in [-0.15, -0.1) is 0 Å². The molecule has 0 radical (unpaired) electrons. The van der Waals surface area contributed by atoms with E-state index in [0.29, 0.717) is 29.5 Å². The van der Waals surface area contributed by atoms with Crippen molar-refractivity contribution in [2.45, 2.75) is 18.7 Å². The Morgan fingerprint density at radius 2 is 1.81 bits per heavy atom. The Balaban J connectivity index is 1.82. The summed E-state index contributed by atoms with van der Waals surface area (Å²) in [5.74, 6) is 1.71. The van der Waals surface area contributed by atoms with E-state index in [-0.39, 0.29) is 21.7 Å². The molecule has 0 saturated carbocycles. The van der Waals surface area contributed by atoms with Crippen molar-refractivity contribution in [3.63, 3.8) is 0 Å². The van der Waals surface area contributed by atoms with E-state index in [4.69, 9.17) is 21.1 Å². The zero-order valence-electron chi connectivity index (χ0n) is 20.7. The molecular weight excluding hydrogens is 504 g/mol. The van der Waals surface area contributed by atoms with Gasteiger partial charge in [0.2, 0.25) is 16.0 Å². The molecule has 194 valence electrons. The summed E-state index contributed by atoms with van der Waals surface area (Å²) in [6.45, 7) is 7.53. The molecule has 2 aromatic carbocycles. The number of likely N-dealkylation sites (N-methyl/N-ethyl adjacent to an activating group) is 1. The van der Waals surface area contributed by atoms with E-state index in [0.717, 1.165) is 19.6 Å². The number of nitrogens with one attached hydrogen (secondary N) is 3. The third kappa shape index (κ3) is 6.97. The maximum atomic E-state index is 12.4. The molecule has 0 unspecified atom stereocenters. The van der Waals surface area contributed by atoms with Gasteiger partial charge in [-0.1, -0.05) is 37.6 Å². The number of halogens is 1. The van der Waals surface area contributed by atoms with Crippen molar-refractivity contribution < 1.29 is 17.9 Å². The molecule has 0 spiro atoms. The molecule has 0 atom stereocenters. The molecule has 0 fully saturated rings. The highest BCUT2D eigenvalue weighted by Gasteiger charge is 2.18. The molecule has 0 aliphatic heterocycles. The summed E-state index contributed by atoms with van der Waals surface area (Å²) in [6, 6.07) is 11.9. The number of aromatic nitrogens is 2. The first-order valence-corrected chi connectivity index (χ1v) is 13.3. The Labute approximate surface area is 217 Å². The largest absolute Gasteiger partial charge is 0.495 e. The molecule has 0 aliphatic rings. The predicted octanol–water partition coefficient (Wildman–Crippen LogP) is 4.25. The summed E-state index contributed by atoms with van der Waals surface area (Å²) in [7, 11) is -0.786. The van der Waals surface area contributed by atoms with Crippen LogP contribution in [0, 0.1) is 0 Å². The number of anilines is 4. The first kappa shape index (κ1) is 27.5. The molecule has 3 N–H and O–H groups in total. The Morgan fingerprint density at radius 3 is 2.50 bits per heavy atom. The monoisotopic (exact) mass is 534 g/mol. The SMILES string of the molecule is CCN(CC)CCOc1ccc(OC)c(Nc2ncc(Cl)c(Nc3ccccc3S(=O)(=O)NC)n2)c1. The van der Waals surface area contributed by atoms with Crippen molar-refractivity contribution in [2.24, 2.45) is 0 Å². The third-order valence-corrected chi connectivity index (χ3v) is 7.18. The Kier molecular flexibility index (Phi) is 9.71. The molecular formula is C24H31ClN6O4S. The van der Waals surface area contributed by atoms with Gasteiger partial charge in [-0.2, -0.15) is 4.98 Å². The number of sulfonamides is 1. The maximum absolute atomic E-state index is 12.4. The predicted molar refractivity (Wildman–Crippen MR) is 143 cm³/mol. The van der Waals surface area contributed by atoms with Crippen LogP contribution in [0.1, 0.15) is 13.8 Å². The van der Waals surface area contributed by atoms with Gasteiger partial charge in [0.05, 0.1) is 24.7 Å². The van der Waals surface area contributed by atoms with E-state index in [1.807, 2.05) is 6.07 Å². The van der Waals surface area contributed by atoms with Crippen LogP contribution in [0.2, 0.25) is 5.02 Å². The molecule has 10 nitrogen and oxygen atoms in total. The van der Waals surface area contributed by atoms with E-state index >= 15 is 0 Å². The molecule has 0 amide bonds. The highest BCUT2D eigenvalue weighted by Crippen LogP contribution is 2.33. The van der Waals surface area contributed by atoms with Gasteiger partial charge in [-0.25, -0.2) is 18.1 Å². The van der Waals surface area contributed by atoms with Gasteiger partial charge < -0.3 is 25.0 Å². The normalized spacial score (nSPS) is 11.4. The molecule has 12 heteroatoms. The van der Waals surface area contributed by atoms with Crippen LogP contribution < -0.4 is 24.8 Å². The van der Waals surface area contributed by atoms with Gasteiger partial charge >= 0.3 is 0 Å². The number of para-hydroxylation sites is 1. The van der Waals surface area contributed by atoms with Crippen LogP contribution in [0.3, 0.4) is 0 Å². The van der Waals surface area contributed by atoms with E-state index < -0.39 is 10.0 Å². The minimum atomic E-state index is -3.70. The van der Waals surface area contributed by atoms with E-state index in [2.05, 4.69) is 44.1 Å². The van der Waals surface area contributed by atoms with Crippen molar-refractivity contribution in [2.75, 3.05) is 51.0 Å². The van der Waals surface area contributed by atoms with E-state index in [1.54, 1.807) is 37.4 Å². The number of hydrogen-bond donors (Lipinski definition) is 3. The van der Waals surface area contributed by atoms with E-state index in [9.17, 15) is 8.42 Å². The van der Waals surface area contributed by atoms with Gasteiger partial charge in [0, 0.05) is 12.6 Å². The number of rotatable bonds is 13. The second kappa shape index (κ2) is 12.7. The van der Waals surface area contributed by atoms with Crippen molar-refractivity contribution in [1.82, 2.24) is 19.6 Å². The van der Waals surface area contributed by atoms with Crippen molar-refractivity contribution in [1.29, 1.82) is 0 Å². The number of methoxy groups -OCH3 is 1. The fraction of sp³-hybridized carbons (Fsp3) is 0.333.